The molecule has 8 nitrogen and oxygen atoms in total. The van der Waals surface area contributed by atoms with Gasteiger partial charge in [0.05, 0.1) is 25.7 Å². The van der Waals surface area contributed by atoms with E-state index in [-0.39, 0.29) is 11.8 Å². The minimum absolute atomic E-state index is 0.0498. The molecule has 34 heavy (non-hydrogen) atoms. The SMILES string of the molecule is CCOc1cc(CNC(=O)[C@@H]2CCCN(c3nc4cccnc4s3)C2)cc(OCC)c1OCC. The molecule has 0 aliphatic carbocycles. The molecule has 9 heteroatoms. The van der Waals surface area contributed by atoms with Crippen LogP contribution in [-0.4, -0.2) is 48.8 Å². The number of carbonyl (C=O) groups is 1. The Bertz CT molecular complexity index is 1060. The normalized spacial score (nSPS) is 15.9. The van der Waals surface area contributed by atoms with Gasteiger partial charge in [0.15, 0.2) is 16.6 Å². The molecule has 1 amide bonds. The van der Waals surface area contributed by atoms with E-state index in [0.29, 0.717) is 50.2 Å². The summed E-state index contributed by atoms with van der Waals surface area (Å²) < 4.78 is 17.4. The molecule has 4 rings (SSSR count). The fourth-order valence-corrected chi connectivity index (χ4v) is 5.08. The summed E-state index contributed by atoms with van der Waals surface area (Å²) in [6.07, 6.45) is 3.60. The van der Waals surface area contributed by atoms with Crippen LogP contribution in [-0.2, 0) is 11.3 Å². The number of thiazole rings is 1. The Balaban J connectivity index is 1.43. The number of amides is 1. The summed E-state index contributed by atoms with van der Waals surface area (Å²) >= 11 is 1.58. The molecule has 1 saturated heterocycles. The largest absolute Gasteiger partial charge is 0.490 e. The van der Waals surface area contributed by atoms with Crippen LogP contribution in [0.25, 0.3) is 10.3 Å². The maximum absolute atomic E-state index is 13.1. The van der Waals surface area contributed by atoms with Crippen molar-refractivity contribution in [1.29, 1.82) is 0 Å². The summed E-state index contributed by atoms with van der Waals surface area (Å²) in [6.45, 7) is 9.29. The van der Waals surface area contributed by atoms with Gasteiger partial charge < -0.3 is 24.4 Å². The number of rotatable bonds is 10. The maximum atomic E-state index is 13.1. The zero-order chi connectivity index (χ0) is 23.9. The van der Waals surface area contributed by atoms with Crippen molar-refractivity contribution < 1.29 is 19.0 Å². The molecule has 0 spiro atoms. The van der Waals surface area contributed by atoms with Gasteiger partial charge in [-0.1, -0.05) is 11.3 Å². The van der Waals surface area contributed by atoms with Gasteiger partial charge in [-0.25, -0.2) is 9.97 Å². The summed E-state index contributed by atoms with van der Waals surface area (Å²) in [4.78, 5) is 25.3. The number of pyridine rings is 1. The van der Waals surface area contributed by atoms with Gasteiger partial charge in [0.25, 0.3) is 0 Å². The van der Waals surface area contributed by atoms with Gasteiger partial charge in [-0.2, -0.15) is 0 Å². The van der Waals surface area contributed by atoms with Crippen LogP contribution >= 0.6 is 11.3 Å². The maximum Gasteiger partial charge on any atom is 0.225 e. The van der Waals surface area contributed by atoms with Crippen molar-refractivity contribution >= 4 is 32.7 Å². The number of carbonyl (C=O) groups excluding carboxylic acids is 1. The molecule has 3 heterocycles. The molecule has 0 unspecified atom stereocenters. The molecule has 1 N–H and O–H groups in total. The Hall–Kier alpha value is -3.07. The lowest BCUT2D eigenvalue weighted by molar-refractivity contribution is -0.125. The monoisotopic (exact) mass is 484 g/mol. The molecule has 1 fully saturated rings. The first-order valence-corrected chi connectivity index (χ1v) is 12.7. The zero-order valence-electron chi connectivity index (χ0n) is 20.0. The predicted molar refractivity (Wildman–Crippen MR) is 134 cm³/mol. The second-order valence-electron chi connectivity index (χ2n) is 8.05. The third-order valence-electron chi connectivity index (χ3n) is 5.65. The van der Waals surface area contributed by atoms with E-state index < -0.39 is 0 Å². The molecule has 0 radical (unpaired) electrons. The van der Waals surface area contributed by atoms with E-state index in [1.54, 1.807) is 17.5 Å². The van der Waals surface area contributed by atoms with Crippen LogP contribution in [0.5, 0.6) is 17.2 Å². The second-order valence-corrected chi connectivity index (χ2v) is 9.00. The van der Waals surface area contributed by atoms with Crippen molar-refractivity contribution in [3.8, 4) is 17.2 Å². The van der Waals surface area contributed by atoms with Crippen molar-refractivity contribution in [2.75, 3.05) is 37.8 Å². The number of benzene rings is 1. The first kappa shape index (κ1) is 24.1. The predicted octanol–water partition coefficient (Wildman–Crippen LogP) is 4.42. The van der Waals surface area contributed by atoms with E-state index in [1.807, 2.05) is 45.0 Å². The van der Waals surface area contributed by atoms with Gasteiger partial charge >= 0.3 is 0 Å². The van der Waals surface area contributed by atoms with Gasteiger partial charge in [-0.05, 0) is 63.4 Å². The molecule has 0 bridgehead atoms. The van der Waals surface area contributed by atoms with E-state index in [9.17, 15) is 4.79 Å². The Kier molecular flexibility index (Phi) is 8.05. The van der Waals surface area contributed by atoms with Crippen molar-refractivity contribution in [2.45, 2.75) is 40.2 Å². The van der Waals surface area contributed by atoms with E-state index >= 15 is 0 Å². The standard InChI is InChI=1S/C25H32N4O4S/c1-4-31-20-13-17(14-21(32-5-2)22(20)33-6-3)15-27-23(30)18-9-8-12-29(16-18)25-28-19-10-7-11-26-24(19)34-25/h7,10-11,13-14,18H,4-6,8-9,12,15-16H2,1-3H3,(H,27,30)/t18-/m1/s1. The summed E-state index contributed by atoms with van der Waals surface area (Å²) in [5.41, 5.74) is 1.81. The average molecular weight is 485 g/mol. The summed E-state index contributed by atoms with van der Waals surface area (Å²) in [5.74, 6) is 1.83. The van der Waals surface area contributed by atoms with Crippen LogP contribution < -0.4 is 24.4 Å². The molecular weight excluding hydrogens is 452 g/mol. The number of piperidine rings is 1. The highest BCUT2D eigenvalue weighted by atomic mass is 32.1. The topological polar surface area (TPSA) is 85.8 Å². The third-order valence-corrected chi connectivity index (χ3v) is 6.69. The van der Waals surface area contributed by atoms with E-state index in [0.717, 1.165) is 40.4 Å². The fraction of sp³-hybridized carbons (Fsp3) is 0.480. The van der Waals surface area contributed by atoms with Crippen molar-refractivity contribution in [3.05, 3.63) is 36.0 Å². The quantitative estimate of drug-likeness (QED) is 0.456. The summed E-state index contributed by atoms with van der Waals surface area (Å²) in [5, 5.41) is 4.04. The lowest BCUT2D eigenvalue weighted by Crippen LogP contribution is -2.42. The number of hydrogen-bond acceptors (Lipinski definition) is 8. The molecule has 1 atom stereocenters. The molecule has 1 aromatic carbocycles. The number of fused-ring (bicyclic) bond motifs is 1. The number of nitrogens with zero attached hydrogens (tertiary/aromatic N) is 3. The van der Waals surface area contributed by atoms with Gasteiger partial charge in [-0.3, -0.25) is 4.79 Å². The molecule has 1 aliphatic heterocycles. The van der Waals surface area contributed by atoms with Crippen molar-refractivity contribution in [1.82, 2.24) is 15.3 Å². The van der Waals surface area contributed by atoms with Crippen LogP contribution in [0.3, 0.4) is 0 Å². The van der Waals surface area contributed by atoms with Crippen molar-refractivity contribution in [2.24, 2.45) is 5.92 Å². The zero-order valence-corrected chi connectivity index (χ0v) is 20.8. The highest BCUT2D eigenvalue weighted by molar-refractivity contribution is 7.21. The highest BCUT2D eigenvalue weighted by Crippen LogP contribution is 2.39. The third kappa shape index (κ3) is 5.52. The molecule has 182 valence electrons. The first-order valence-electron chi connectivity index (χ1n) is 11.9. The molecular formula is C25H32N4O4S. The Morgan fingerprint density at radius 3 is 2.56 bits per heavy atom. The molecule has 3 aromatic rings. The second kappa shape index (κ2) is 11.4. The first-order chi connectivity index (χ1) is 16.6. The summed E-state index contributed by atoms with van der Waals surface area (Å²) in [6, 6.07) is 7.70. The Morgan fingerprint density at radius 2 is 1.88 bits per heavy atom. The Labute approximate surface area is 204 Å². The minimum atomic E-state index is -0.0888. The van der Waals surface area contributed by atoms with Crippen molar-refractivity contribution in [3.63, 3.8) is 0 Å². The van der Waals surface area contributed by atoms with Crippen LogP contribution in [0.1, 0.15) is 39.2 Å². The Morgan fingerprint density at radius 1 is 1.15 bits per heavy atom. The van der Waals surface area contributed by atoms with Gasteiger partial charge in [-0.15, -0.1) is 0 Å². The average Bonchev–Trinajstić information content (AvgIpc) is 3.29. The number of nitrogens with one attached hydrogen (secondary N) is 1. The molecule has 2 aromatic heterocycles. The van der Waals surface area contributed by atoms with Gasteiger partial charge in [0.2, 0.25) is 11.7 Å². The lowest BCUT2D eigenvalue weighted by atomic mass is 9.97. The van der Waals surface area contributed by atoms with Gasteiger partial charge in [0, 0.05) is 25.8 Å². The number of aromatic nitrogens is 2. The molecule has 0 saturated carbocycles. The van der Waals surface area contributed by atoms with Gasteiger partial charge in [0.1, 0.15) is 10.3 Å². The number of ether oxygens (including phenoxy) is 3. The fourth-order valence-electron chi connectivity index (χ4n) is 4.14. The van der Waals surface area contributed by atoms with Crippen LogP contribution in [0.4, 0.5) is 5.13 Å². The summed E-state index contributed by atoms with van der Waals surface area (Å²) in [7, 11) is 0. The van der Waals surface area contributed by atoms with E-state index in [1.165, 1.54) is 0 Å². The highest BCUT2D eigenvalue weighted by Gasteiger charge is 2.27. The van der Waals surface area contributed by atoms with Crippen LogP contribution in [0, 0.1) is 5.92 Å². The van der Waals surface area contributed by atoms with E-state index in [4.69, 9.17) is 19.2 Å². The molecule has 1 aliphatic rings. The smallest absolute Gasteiger partial charge is 0.225 e. The van der Waals surface area contributed by atoms with Crippen LogP contribution in [0.15, 0.2) is 30.5 Å². The number of anilines is 1. The van der Waals surface area contributed by atoms with E-state index in [2.05, 4.69) is 15.2 Å². The minimum Gasteiger partial charge on any atom is -0.490 e. The lowest BCUT2D eigenvalue weighted by Gasteiger charge is -2.31. The van der Waals surface area contributed by atoms with Crippen LogP contribution in [0.2, 0.25) is 0 Å². The number of hydrogen-bond donors (Lipinski definition) is 1.